The predicted octanol–water partition coefficient (Wildman–Crippen LogP) is 0.739. The first-order chi connectivity index (χ1) is 7.90. The molecule has 6 heteroatoms. The second-order valence-corrected chi connectivity index (χ2v) is 4.65. The van der Waals surface area contributed by atoms with E-state index in [9.17, 15) is 4.79 Å². The maximum atomic E-state index is 12.0. The molecule has 0 spiro atoms. The lowest BCUT2D eigenvalue weighted by atomic mass is 9.86. The summed E-state index contributed by atoms with van der Waals surface area (Å²) < 4.78 is 1.69. The van der Waals surface area contributed by atoms with Crippen molar-refractivity contribution in [3.05, 3.63) is 18.0 Å². The summed E-state index contributed by atoms with van der Waals surface area (Å²) in [5, 5.41) is 6.98. The molecule has 5 nitrogen and oxygen atoms in total. The first-order valence-electron chi connectivity index (χ1n) is 5.47. The minimum atomic E-state index is -0.788. The molecule has 0 fully saturated rings. The molecule has 1 aromatic rings. The van der Waals surface area contributed by atoms with Crippen LogP contribution in [0.15, 0.2) is 12.3 Å². The van der Waals surface area contributed by atoms with Crippen molar-refractivity contribution in [2.45, 2.75) is 26.8 Å². The fraction of sp³-hybridized carbons (Fsp3) is 0.545. The molecule has 0 aromatic carbocycles. The van der Waals surface area contributed by atoms with Gasteiger partial charge in [0.15, 0.2) is 0 Å². The van der Waals surface area contributed by atoms with Gasteiger partial charge in [-0.1, -0.05) is 19.1 Å². The molecule has 1 aromatic heterocycles. The highest BCUT2D eigenvalue weighted by Gasteiger charge is 2.34. The van der Waals surface area contributed by atoms with Gasteiger partial charge in [0, 0.05) is 13.2 Å². The Balaban J connectivity index is 2.63. The number of amides is 1. The van der Waals surface area contributed by atoms with Crippen LogP contribution in [0.4, 0.5) is 0 Å². The van der Waals surface area contributed by atoms with Gasteiger partial charge >= 0.3 is 0 Å². The lowest BCUT2D eigenvalue weighted by Crippen LogP contribution is -2.46. The highest BCUT2D eigenvalue weighted by Crippen LogP contribution is 2.21. The average Bonchev–Trinajstić information content (AvgIpc) is 2.70. The minimum absolute atomic E-state index is 0.154. The molecular formula is C11H18N4OS. The van der Waals surface area contributed by atoms with Crippen LogP contribution >= 0.6 is 12.2 Å². The largest absolute Gasteiger partial charge is 0.392 e. The second-order valence-electron chi connectivity index (χ2n) is 4.21. The Bertz CT molecular complexity index is 429. The van der Waals surface area contributed by atoms with Gasteiger partial charge < -0.3 is 11.1 Å². The number of nitrogens with two attached hydrogens (primary N) is 1. The minimum Gasteiger partial charge on any atom is -0.392 e. The van der Waals surface area contributed by atoms with Gasteiger partial charge in [-0.3, -0.25) is 9.48 Å². The molecule has 94 valence electrons. The van der Waals surface area contributed by atoms with Gasteiger partial charge in [0.2, 0.25) is 5.91 Å². The summed E-state index contributed by atoms with van der Waals surface area (Å²) in [6.07, 6.45) is 2.41. The van der Waals surface area contributed by atoms with Crippen molar-refractivity contribution in [3.63, 3.8) is 0 Å². The predicted molar refractivity (Wildman–Crippen MR) is 70.2 cm³/mol. The molecule has 0 radical (unpaired) electrons. The van der Waals surface area contributed by atoms with Crippen LogP contribution in [-0.4, -0.2) is 20.7 Å². The Hall–Kier alpha value is -1.43. The molecule has 1 unspecified atom stereocenters. The van der Waals surface area contributed by atoms with E-state index >= 15 is 0 Å². The van der Waals surface area contributed by atoms with Crippen molar-refractivity contribution in [1.29, 1.82) is 0 Å². The van der Waals surface area contributed by atoms with Crippen LogP contribution in [-0.2, 0) is 18.4 Å². The number of hydrogen-bond donors (Lipinski definition) is 2. The molecule has 0 saturated carbocycles. The lowest BCUT2D eigenvalue weighted by Gasteiger charge is -2.25. The summed E-state index contributed by atoms with van der Waals surface area (Å²) >= 11 is 4.94. The van der Waals surface area contributed by atoms with Crippen molar-refractivity contribution in [3.8, 4) is 0 Å². The third-order valence-electron chi connectivity index (χ3n) is 2.95. The van der Waals surface area contributed by atoms with Crippen molar-refractivity contribution in [1.82, 2.24) is 15.1 Å². The third kappa shape index (κ3) is 3.03. The summed E-state index contributed by atoms with van der Waals surface area (Å²) in [6.45, 7) is 4.03. The van der Waals surface area contributed by atoms with E-state index in [2.05, 4.69) is 10.4 Å². The maximum Gasteiger partial charge on any atom is 0.233 e. The third-order valence-corrected chi connectivity index (χ3v) is 3.40. The van der Waals surface area contributed by atoms with Crippen LogP contribution in [0.3, 0.4) is 0 Å². The van der Waals surface area contributed by atoms with E-state index in [0.29, 0.717) is 13.0 Å². The number of hydrogen-bond acceptors (Lipinski definition) is 3. The molecule has 0 aliphatic carbocycles. The number of carbonyl (C=O) groups is 1. The molecule has 1 amide bonds. The van der Waals surface area contributed by atoms with Gasteiger partial charge in [-0.2, -0.15) is 5.10 Å². The van der Waals surface area contributed by atoms with Crippen LogP contribution in [0, 0.1) is 5.41 Å². The molecule has 3 N–H and O–H groups in total. The Kier molecular flexibility index (Phi) is 4.22. The van der Waals surface area contributed by atoms with Crippen LogP contribution in [0.2, 0.25) is 0 Å². The van der Waals surface area contributed by atoms with E-state index in [1.807, 2.05) is 26.2 Å². The number of aryl methyl sites for hydroxylation is 1. The fourth-order valence-electron chi connectivity index (χ4n) is 1.37. The van der Waals surface area contributed by atoms with Gasteiger partial charge in [-0.25, -0.2) is 0 Å². The number of rotatable bonds is 5. The quantitative estimate of drug-likeness (QED) is 0.760. The van der Waals surface area contributed by atoms with Gasteiger partial charge in [-0.05, 0) is 19.4 Å². The zero-order valence-corrected chi connectivity index (χ0v) is 11.2. The molecule has 1 atom stereocenters. The summed E-state index contributed by atoms with van der Waals surface area (Å²) in [5.41, 5.74) is 5.63. The highest BCUT2D eigenvalue weighted by atomic mass is 32.1. The topological polar surface area (TPSA) is 72.9 Å². The summed E-state index contributed by atoms with van der Waals surface area (Å²) in [4.78, 5) is 12.2. The smallest absolute Gasteiger partial charge is 0.233 e. The maximum absolute atomic E-state index is 12.0. The monoisotopic (exact) mass is 254 g/mol. The van der Waals surface area contributed by atoms with Crippen molar-refractivity contribution < 1.29 is 4.79 Å². The molecular weight excluding hydrogens is 236 g/mol. The van der Waals surface area contributed by atoms with Gasteiger partial charge in [0.05, 0.1) is 22.6 Å². The molecule has 17 heavy (non-hydrogen) atoms. The number of thiocarbonyl (C=S) groups is 1. The Morgan fingerprint density at radius 1 is 1.71 bits per heavy atom. The molecule has 0 saturated heterocycles. The van der Waals surface area contributed by atoms with E-state index in [1.54, 1.807) is 11.6 Å². The average molecular weight is 254 g/mol. The Morgan fingerprint density at radius 2 is 2.35 bits per heavy atom. The normalized spacial score (nSPS) is 14.1. The lowest BCUT2D eigenvalue weighted by molar-refractivity contribution is -0.127. The van der Waals surface area contributed by atoms with Gasteiger partial charge in [-0.15, -0.1) is 0 Å². The molecule has 1 rings (SSSR count). The van der Waals surface area contributed by atoms with Crippen LogP contribution < -0.4 is 11.1 Å². The van der Waals surface area contributed by atoms with E-state index in [-0.39, 0.29) is 10.9 Å². The van der Waals surface area contributed by atoms with Crippen molar-refractivity contribution in [2.24, 2.45) is 18.2 Å². The van der Waals surface area contributed by atoms with E-state index in [4.69, 9.17) is 18.0 Å². The first kappa shape index (κ1) is 13.6. The standard InChI is InChI=1S/C11H18N4OS/c1-4-11(2,9(12)17)10(16)13-7-8-5-6-15(3)14-8/h5-6H,4,7H2,1-3H3,(H2,12,17)(H,13,16). The SMILES string of the molecule is CCC(C)(C(=O)NCc1ccn(C)n1)C(N)=S. The van der Waals surface area contributed by atoms with Crippen LogP contribution in [0.25, 0.3) is 0 Å². The summed E-state index contributed by atoms with van der Waals surface area (Å²) in [5.74, 6) is -0.154. The number of carbonyl (C=O) groups excluding carboxylic acids is 1. The van der Waals surface area contributed by atoms with E-state index in [0.717, 1.165) is 5.69 Å². The summed E-state index contributed by atoms with van der Waals surface area (Å²) in [7, 11) is 1.83. The molecule has 0 aliphatic rings. The van der Waals surface area contributed by atoms with Crippen LogP contribution in [0.5, 0.6) is 0 Å². The van der Waals surface area contributed by atoms with Gasteiger partial charge in [0.25, 0.3) is 0 Å². The fourth-order valence-corrected chi connectivity index (χ4v) is 1.61. The van der Waals surface area contributed by atoms with Crippen LogP contribution in [0.1, 0.15) is 26.0 Å². The summed E-state index contributed by atoms with van der Waals surface area (Å²) in [6, 6.07) is 1.85. The van der Waals surface area contributed by atoms with Crippen molar-refractivity contribution >= 4 is 23.1 Å². The van der Waals surface area contributed by atoms with Gasteiger partial charge in [0.1, 0.15) is 0 Å². The number of aromatic nitrogens is 2. The Morgan fingerprint density at radius 3 is 2.76 bits per heavy atom. The zero-order chi connectivity index (χ0) is 13.1. The number of nitrogens with zero attached hydrogens (tertiary/aromatic N) is 2. The second kappa shape index (κ2) is 5.27. The number of nitrogens with one attached hydrogen (secondary N) is 1. The Labute approximate surface area is 106 Å². The zero-order valence-electron chi connectivity index (χ0n) is 10.4. The molecule has 0 aliphatic heterocycles. The first-order valence-corrected chi connectivity index (χ1v) is 5.87. The highest BCUT2D eigenvalue weighted by molar-refractivity contribution is 7.80. The van der Waals surface area contributed by atoms with Crippen molar-refractivity contribution in [2.75, 3.05) is 0 Å². The molecule has 0 bridgehead atoms. The van der Waals surface area contributed by atoms with E-state index in [1.165, 1.54) is 0 Å². The van der Waals surface area contributed by atoms with E-state index < -0.39 is 5.41 Å². The molecule has 1 heterocycles.